The van der Waals surface area contributed by atoms with Crippen molar-refractivity contribution in [2.45, 2.75) is 18.4 Å². The van der Waals surface area contributed by atoms with Gasteiger partial charge in [-0.3, -0.25) is 0 Å². The van der Waals surface area contributed by atoms with Crippen molar-refractivity contribution in [3.05, 3.63) is 44.8 Å². The summed E-state index contributed by atoms with van der Waals surface area (Å²) in [5.74, 6) is 0. The molecule has 102 valence electrons. The van der Waals surface area contributed by atoms with Gasteiger partial charge in [0, 0.05) is 16.9 Å². The zero-order chi connectivity index (χ0) is 14.0. The first-order chi connectivity index (χ1) is 8.89. The van der Waals surface area contributed by atoms with Gasteiger partial charge in [-0.25, -0.2) is 13.4 Å². The Morgan fingerprint density at radius 3 is 2.74 bits per heavy atom. The smallest absolute Gasteiger partial charge is 0.243 e. The number of thiazole rings is 1. The number of rotatable bonds is 4. The minimum absolute atomic E-state index is 0.274. The number of benzene rings is 1. The molecule has 7 heteroatoms. The van der Waals surface area contributed by atoms with Crippen LogP contribution in [0, 0.1) is 6.92 Å². The number of hydrogen-bond donors (Lipinski definition) is 0. The van der Waals surface area contributed by atoms with E-state index in [0.29, 0.717) is 0 Å². The highest BCUT2D eigenvalue weighted by Crippen LogP contribution is 2.20. The van der Waals surface area contributed by atoms with Crippen molar-refractivity contribution in [1.29, 1.82) is 0 Å². The molecule has 0 bridgehead atoms. The van der Waals surface area contributed by atoms with Crippen LogP contribution in [0.3, 0.4) is 0 Å². The maximum Gasteiger partial charge on any atom is 0.243 e. The van der Waals surface area contributed by atoms with Crippen molar-refractivity contribution < 1.29 is 8.42 Å². The van der Waals surface area contributed by atoms with E-state index in [-0.39, 0.29) is 11.4 Å². The van der Waals surface area contributed by atoms with Gasteiger partial charge < -0.3 is 0 Å². The lowest BCUT2D eigenvalue weighted by Gasteiger charge is -2.16. The third kappa shape index (κ3) is 3.42. The lowest BCUT2D eigenvalue weighted by atomic mass is 10.4. The zero-order valence-corrected chi connectivity index (χ0v) is 13.7. The number of hydrogen-bond acceptors (Lipinski definition) is 4. The summed E-state index contributed by atoms with van der Waals surface area (Å²) < 4.78 is 26.8. The van der Waals surface area contributed by atoms with Crippen LogP contribution in [0.1, 0.15) is 10.7 Å². The second kappa shape index (κ2) is 5.70. The number of aryl methyl sites for hydroxylation is 1. The second-order valence-electron chi connectivity index (χ2n) is 4.08. The molecule has 0 aliphatic heterocycles. The van der Waals surface area contributed by atoms with Crippen molar-refractivity contribution in [1.82, 2.24) is 9.29 Å². The highest BCUT2D eigenvalue weighted by atomic mass is 79.9. The summed E-state index contributed by atoms with van der Waals surface area (Å²) in [4.78, 5) is 4.55. The van der Waals surface area contributed by atoms with Gasteiger partial charge >= 0.3 is 0 Å². The Balaban J connectivity index is 2.24. The van der Waals surface area contributed by atoms with Gasteiger partial charge in [-0.15, -0.1) is 11.3 Å². The summed E-state index contributed by atoms with van der Waals surface area (Å²) in [6.45, 7) is 2.18. The van der Waals surface area contributed by atoms with Crippen LogP contribution in [0.15, 0.2) is 39.0 Å². The van der Waals surface area contributed by atoms with Crippen molar-refractivity contribution in [2.24, 2.45) is 0 Å². The van der Waals surface area contributed by atoms with Gasteiger partial charge in [0.2, 0.25) is 10.0 Å². The molecule has 0 amide bonds. The number of sulfonamides is 1. The molecular weight excluding hydrogens is 348 g/mol. The van der Waals surface area contributed by atoms with Crippen molar-refractivity contribution in [2.75, 3.05) is 7.05 Å². The van der Waals surface area contributed by atoms with Gasteiger partial charge in [-0.2, -0.15) is 4.31 Å². The van der Waals surface area contributed by atoms with E-state index < -0.39 is 10.0 Å². The lowest BCUT2D eigenvalue weighted by molar-refractivity contribution is 0.463. The van der Waals surface area contributed by atoms with Crippen LogP contribution in [-0.2, 0) is 16.6 Å². The fourth-order valence-electron chi connectivity index (χ4n) is 1.60. The van der Waals surface area contributed by atoms with Crippen LogP contribution in [-0.4, -0.2) is 24.8 Å². The van der Waals surface area contributed by atoms with E-state index in [4.69, 9.17) is 0 Å². The summed E-state index contributed by atoms with van der Waals surface area (Å²) in [5.41, 5.74) is 0.767. The molecule has 2 rings (SSSR count). The van der Waals surface area contributed by atoms with E-state index >= 15 is 0 Å². The normalized spacial score (nSPS) is 12.0. The minimum Gasteiger partial charge on any atom is -0.245 e. The fraction of sp³-hybridized carbons (Fsp3) is 0.250. The summed E-state index contributed by atoms with van der Waals surface area (Å²) in [6, 6.07) is 6.68. The van der Waals surface area contributed by atoms with Crippen molar-refractivity contribution in [3.8, 4) is 0 Å². The molecule has 0 saturated carbocycles. The molecule has 1 heterocycles. The Morgan fingerprint density at radius 1 is 1.42 bits per heavy atom. The van der Waals surface area contributed by atoms with Crippen LogP contribution in [0.4, 0.5) is 0 Å². The van der Waals surface area contributed by atoms with Crippen LogP contribution >= 0.6 is 27.3 Å². The highest BCUT2D eigenvalue weighted by molar-refractivity contribution is 9.10. The average Bonchev–Trinajstić information content (AvgIpc) is 2.74. The Hall–Kier alpha value is -0.760. The molecule has 0 fully saturated rings. The van der Waals surface area contributed by atoms with Gasteiger partial charge in [-0.1, -0.05) is 22.0 Å². The van der Waals surface area contributed by atoms with Gasteiger partial charge in [0.15, 0.2) is 0 Å². The van der Waals surface area contributed by atoms with Crippen molar-refractivity contribution >= 4 is 37.3 Å². The predicted molar refractivity (Wildman–Crippen MR) is 79.6 cm³/mol. The van der Waals surface area contributed by atoms with Gasteiger partial charge in [-0.05, 0) is 25.1 Å². The predicted octanol–water partition coefficient (Wildman–Crippen LogP) is 3.03. The highest BCUT2D eigenvalue weighted by Gasteiger charge is 2.21. The van der Waals surface area contributed by atoms with Crippen molar-refractivity contribution in [3.63, 3.8) is 0 Å². The number of aromatic nitrogens is 1. The van der Waals surface area contributed by atoms with E-state index in [1.165, 1.54) is 15.6 Å². The zero-order valence-electron chi connectivity index (χ0n) is 10.5. The molecule has 0 saturated heterocycles. The summed E-state index contributed by atoms with van der Waals surface area (Å²) >= 11 is 4.80. The molecule has 4 nitrogen and oxygen atoms in total. The molecule has 0 aliphatic carbocycles. The first kappa shape index (κ1) is 14.6. The summed E-state index contributed by atoms with van der Waals surface area (Å²) in [5, 5.41) is 2.81. The quantitative estimate of drug-likeness (QED) is 0.841. The van der Waals surface area contributed by atoms with Crippen LogP contribution in [0.5, 0.6) is 0 Å². The molecule has 1 aromatic carbocycles. The minimum atomic E-state index is -3.48. The lowest BCUT2D eigenvalue weighted by Crippen LogP contribution is -2.26. The Morgan fingerprint density at radius 2 is 2.16 bits per heavy atom. The number of halogens is 1. The first-order valence-corrected chi connectivity index (χ1v) is 8.64. The molecule has 1 aromatic heterocycles. The van der Waals surface area contributed by atoms with E-state index in [1.54, 1.807) is 31.3 Å². The molecule has 0 aliphatic rings. The molecule has 0 N–H and O–H groups in total. The summed E-state index contributed by atoms with van der Waals surface area (Å²) in [6.07, 6.45) is 0. The summed E-state index contributed by atoms with van der Waals surface area (Å²) in [7, 11) is -1.92. The van der Waals surface area contributed by atoms with Crippen LogP contribution < -0.4 is 0 Å². The standard InChI is InChI=1S/C12H13BrN2O2S2/c1-9-14-11(8-18-9)7-15(2)19(16,17)12-5-3-4-10(13)6-12/h3-6,8H,7H2,1-2H3. The Labute approximate surface area is 125 Å². The second-order valence-corrected chi connectivity index (χ2v) is 8.10. The molecule has 2 aromatic rings. The van der Waals surface area contributed by atoms with Crippen LogP contribution in [0.2, 0.25) is 0 Å². The molecular formula is C12H13BrN2O2S2. The Kier molecular flexibility index (Phi) is 4.39. The SMILES string of the molecule is Cc1nc(CN(C)S(=O)(=O)c2cccc(Br)c2)cs1. The number of nitrogens with zero attached hydrogens (tertiary/aromatic N) is 2. The topological polar surface area (TPSA) is 50.3 Å². The molecule has 0 spiro atoms. The average molecular weight is 361 g/mol. The van der Waals surface area contributed by atoms with E-state index in [2.05, 4.69) is 20.9 Å². The monoisotopic (exact) mass is 360 g/mol. The maximum absolute atomic E-state index is 12.4. The largest absolute Gasteiger partial charge is 0.245 e. The third-order valence-electron chi connectivity index (χ3n) is 2.56. The maximum atomic E-state index is 12.4. The van der Waals surface area contributed by atoms with Crippen LogP contribution in [0.25, 0.3) is 0 Å². The van der Waals surface area contributed by atoms with Gasteiger partial charge in [0.25, 0.3) is 0 Å². The van der Waals surface area contributed by atoms with E-state index in [9.17, 15) is 8.42 Å². The fourth-order valence-corrected chi connectivity index (χ4v) is 3.94. The first-order valence-electron chi connectivity index (χ1n) is 5.52. The van der Waals surface area contributed by atoms with Gasteiger partial charge in [0.1, 0.15) is 0 Å². The Bertz CT molecular complexity index is 683. The molecule has 0 atom stereocenters. The van der Waals surface area contributed by atoms with Gasteiger partial charge in [0.05, 0.1) is 22.1 Å². The molecule has 19 heavy (non-hydrogen) atoms. The molecule has 0 radical (unpaired) electrons. The third-order valence-corrected chi connectivity index (χ3v) is 5.67. The molecule has 0 unspecified atom stereocenters. The van der Waals surface area contributed by atoms with E-state index in [0.717, 1.165) is 15.2 Å². The van der Waals surface area contributed by atoms with E-state index in [1.807, 2.05) is 12.3 Å².